The molecule has 0 saturated carbocycles. The lowest BCUT2D eigenvalue weighted by atomic mass is 10.2. The van der Waals surface area contributed by atoms with Crippen molar-refractivity contribution in [1.82, 2.24) is 4.98 Å². The number of hydrogen-bond acceptors (Lipinski definition) is 3. The Morgan fingerprint density at radius 1 is 0.957 bits per heavy atom. The molecule has 0 N–H and O–H groups in total. The fraction of sp³-hybridized carbons (Fsp3) is 0.133. The second kappa shape index (κ2) is 5.77. The van der Waals surface area contributed by atoms with Crippen LogP contribution in [-0.2, 0) is 6.61 Å². The molecule has 2 nitrogen and oxygen atoms in total. The van der Waals surface area contributed by atoms with Crippen LogP contribution in [0.2, 0.25) is 0 Å². The minimum Gasteiger partial charge on any atom is -0.489 e. The van der Waals surface area contributed by atoms with Crippen LogP contribution in [0.1, 0.15) is 10.6 Å². The van der Waals surface area contributed by atoms with Gasteiger partial charge in [-0.25, -0.2) is 26.9 Å². The van der Waals surface area contributed by atoms with Crippen molar-refractivity contribution in [1.29, 1.82) is 0 Å². The largest absolute Gasteiger partial charge is 0.489 e. The van der Waals surface area contributed by atoms with Crippen LogP contribution in [0, 0.1) is 36.0 Å². The van der Waals surface area contributed by atoms with E-state index in [1.54, 1.807) is 12.1 Å². The highest BCUT2D eigenvalue weighted by Gasteiger charge is 2.25. The zero-order valence-corrected chi connectivity index (χ0v) is 12.4. The topological polar surface area (TPSA) is 22.1 Å². The Hall–Kier alpha value is -2.22. The van der Waals surface area contributed by atoms with E-state index < -0.39 is 41.3 Å². The van der Waals surface area contributed by atoms with E-state index in [0.717, 1.165) is 15.2 Å². The quantitative estimate of drug-likeness (QED) is 0.383. The molecule has 0 aliphatic carbocycles. The molecule has 0 aliphatic heterocycles. The van der Waals surface area contributed by atoms with Gasteiger partial charge >= 0.3 is 0 Å². The van der Waals surface area contributed by atoms with Crippen molar-refractivity contribution in [3.05, 3.63) is 57.9 Å². The van der Waals surface area contributed by atoms with Crippen molar-refractivity contribution in [2.24, 2.45) is 0 Å². The third kappa shape index (κ3) is 2.74. The lowest BCUT2D eigenvalue weighted by molar-refractivity contribution is 0.279. The second-order valence-corrected chi connectivity index (χ2v) is 5.93. The third-order valence-electron chi connectivity index (χ3n) is 3.15. The summed E-state index contributed by atoms with van der Waals surface area (Å²) >= 11 is 1.39. The summed E-state index contributed by atoms with van der Waals surface area (Å²) in [6.07, 6.45) is 0. The summed E-state index contributed by atoms with van der Waals surface area (Å²) in [5.74, 6) is -9.71. The average Bonchev–Trinajstić information content (AvgIpc) is 2.90. The van der Waals surface area contributed by atoms with Crippen molar-refractivity contribution in [3.63, 3.8) is 0 Å². The van der Waals surface area contributed by atoms with Gasteiger partial charge in [0.15, 0.2) is 23.3 Å². The van der Waals surface area contributed by atoms with E-state index in [0.29, 0.717) is 0 Å². The van der Waals surface area contributed by atoms with Crippen molar-refractivity contribution in [3.8, 4) is 5.75 Å². The fourth-order valence-corrected chi connectivity index (χ4v) is 2.90. The van der Waals surface area contributed by atoms with Gasteiger partial charge < -0.3 is 4.74 Å². The second-order valence-electron chi connectivity index (χ2n) is 4.70. The molecular formula is C15H8F5NOS. The summed E-state index contributed by atoms with van der Waals surface area (Å²) in [6, 6.07) is 4.74. The Kier molecular flexibility index (Phi) is 3.93. The molecule has 0 radical (unpaired) electrons. The molecule has 0 spiro atoms. The van der Waals surface area contributed by atoms with Crippen LogP contribution < -0.4 is 4.74 Å². The number of fused-ring (bicyclic) bond motifs is 1. The Labute approximate surface area is 131 Å². The first-order valence-electron chi connectivity index (χ1n) is 6.38. The first kappa shape index (κ1) is 15.7. The van der Waals surface area contributed by atoms with Gasteiger partial charge in [0.1, 0.15) is 12.4 Å². The van der Waals surface area contributed by atoms with Gasteiger partial charge in [-0.05, 0) is 25.1 Å². The molecule has 0 fully saturated rings. The van der Waals surface area contributed by atoms with Gasteiger partial charge in [0.2, 0.25) is 5.82 Å². The number of aryl methyl sites for hydroxylation is 1. The van der Waals surface area contributed by atoms with Crippen LogP contribution in [0.5, 0.6) is 5.75 Å². The van der Waals surface area contributed by atoms with E-state index in [4.69, 9.17) is 4.74 Å². The van der Waals surface area contributed by atoms with Gasteiger partial charge in [0, 0.05) is 0 Å². The fourth-order valence-electron chi connectivity index (χ4n) is 2.04. The molecular weight excluding hydrogens is 337 g/mol. The summed E-state index contributed by atoms with van der Waals surface area (Å²) in [7, 11) is 0. The number of aromatic nitrogens is 1. The van der Waals surface area contributed by atoms with Gasteiger partial charge in [0.05, 0.1) is 20.8 Å². The smallest absolute Gasteiger partial charge is 0.200 e. The summed E-state index contributed by atoms with van der Waals surface area (Å²) in [4.78, 5) is 4.24. The maximum Gasteiger partial charge on any atom is 0.200 e. The molecule has 0 unspecified atom stereocenters. The van der Waals surface area contributed by atoms with Gasteiger partial charge in [-0.2, -0.15) is 0 Å². The van der Waals surface area contributed by atoms with Crippen LogP contribution >= 0.6 is 11.3 Å². The predicted molar refractivity (Wildman–Crippen MR) is 74.9 cm³/mol. The maximum atomic E-state index is 13.6. The van der Waals surface area contributed by atoms with Crippen LogP contribution in [0.15, 0.2) is 18.2 Å². The number of nitrogens with zero attached hydrogens (tertiary/aromatic N) is 1. The molecule has 0 bridgehead atoms. The summed E-state index contributed by atoms with van der Waals surface area (Å²) in [6.45, 7) is 1.04. The van der Waals surface area contributed by atoms with Gasteiger partial charge in [-0.15, -0.1) is 11.3 Å². The number of rotatable bonds is 3. The van der Waals surface area contributed by atoms with Gasteiger partial charge in [-0.3, -0.25) is 0 Å². The highest BCUT2D eigenvalue weighted by atomic mass is 32.1. The zero-order valence-electron chi connectivity index (χ0n) is 11.6. The summed E-state index contributed by atoms with van der Waals surface area (Å²) in [5, 5.41) is 0.830. The van der Waals surface area contributed by atoms with Crippen molar-refractivity contribution < 1.29 is 26.7 Å². The summed E-state index contributed by atoms with van der Waals surface area (Å²) in [5.41, 5.74) is -0.280. The molecule has 1 heterocycles. The van der Waals surface area contributed by atoms with Crippen molar-refractivity contribution in [2.45, 2.75) is 13.5 Å². The average molecular weight is 345 g/mol. The molecule has 23 heavy (non-hydrogen) atoms. The molecule has 0 atom stereocenters. The van der Waals surface area contributed by atoms with Crippen molar-refractivity contribution in [2.75, 3.05) is 0 Å². The lowest BCUT2D eigenvalue weighted by Gasteiger charge is -2.10. The first-order valence-corrected chi connectivity index (χ1v) is 7.20. The number of halogens is 5. The number of hydrogen-bond donors (Lipinski definition) is 0. The molecule has 0 amide bonds. The highest BCUT2D eigenvalue weighted by molar-refractivity contribution is 7.18. The van der Waals surface area contributed by atoms with E-state index in [2.05, 4.69) is 4.98 Å². The van der Waals surface area contributed by atoms with E-state index >= 15 is 0 Å². The minimum atomic E-state index is -2.19. The zero-order chi connectivity index (χ0) is 16.7. The van der Waals surface area contributed by atoms with E-state index in [-0.39, 0.29) is 5.75 Å². The highest BCUT2D eigenvalue weighted by Crippen LogP contribution is 2.28. The maximum absolute atomic E-state index is 13.6. The monoisotopic (exact) mass is 345 g/mol. The molecule has 1 aromatic heterocycles. The van der Waals surface area contributed by atoms with Crippen LogP contribution in [0.25, 0.3) is 10.2 Å². The molecule has 0 saturated heterocycles. The molecule has 8 heteroatoms. The van der Waals surface area contributed by atoms with Gasteiger partial charge in [0.25, 0.3) is 0 Å². The standard InChI is InChI=1S/C15H8F5NOS/c1-6-21-9-3-2-7(4-10(9)23-6)22-5-8-11(16)13(18)15(20)14(19)12(8)17/h2-4H,5H2,1H3. The molecule has 2 aromatic carbocycles. The Bertz CT molecular complexity index is 880. The normalized spacial score (nSPS) is 11.2. The lowest BCUT2D eigenvalue weighted by Crippen LogP contribution is -2.09. The van der Waals surface area contributed by atoms with Crippen LogP contribution in [0.3, 0.4) is 0 Å². The Balaban J connectivity index is 1.90. The number of benzene rings is 2. The minimum absolute atomic E-state index is 0.241. The first-order chi connectivity index (χ1) is 10.9. The predicted octanol–water partition coefficient (Wildman–Crippen LogP) is 4.88. The summed E-state index contributed by atoms with van der Waals surface area (Å²) < 4.78 is 72.3. The SMILES string of the molecule is Cc1nc2ccc(OCc3c(F)c(F)c(F)c(F)c3F)cc2s1. The van der Waals surface area contributed by atoms with E-state index in [1.807, 2.05) is 6.92 Å². The molecule has 3 aromatic rings. The number of ether oxygens (including phenoxy) is 1. The van der Waals surface area contributed by atoms with Crippen LogP contribution in [0.4, 0.5) is 22.0 Å². The van der Waals surface area contributed by atoms with Crippen molar-refractivity contribution >= 4 is 21.6 Å². The van der Waals surface area contributed by atoms with E-state index in [1.165, 1.54) is 17.4 Å². The number of thiazole rings is 1. The molecule has 0 aliphatic rings. The Morgan fingerprint density at radius 3 is 2.22 bits per heavy atom. The molecule has 120 valence electrons. The van der Waals surface area contributed by atoms with Gasteiger partial charge in [-0.1, -0.05) is 0 Å². The third-order valence-corrected chi connectivity index (χ3v) is 4.08. The Morgan fingerprint density at radius 2 is 1.57 bits per heavy atom. The molecule has 3 rings (SSSR count). The van der Waals surface area contributed by atoms with E-state index in [9.17, 15) is 22.0 Å². The van der Waals surface area contributed by atoms with Crippen LogP contribution in [-0.4, -0.2) is 4.98 Å².